The minimum absolute atomic E-state index is 0.0590. The smallest absolute Gasteiger partial charge is 0.251 e. The van der Waals surface area contributed by atoms with E-state index in [0.717, 1.165) is 31.4 Å². The van der Waals surface area contributed by atoms with Crippen molar-refractivity contribution in [1.29, 1.82) is 0 Å². The Labute approximate surface area is 120 Å². The lowest BCUT2D eigenvalue weighted by Gasteiger charge is -2.14. The van der Waals surface area contributed by atoms with Gasteiger partial charge in [-0.25, -0.2) is 0 Å². The van der Waals surface area contributed by atoms with Gasteiger partial charge in [-0.15, -0.1) is 0 Å². The highest BCUT2D eigenvalue weighted by atomic mass is 16.5. The Bertz CT molecular complexity index is 438. The molecule has 110 valence electrons. The molecule has 0 spiro atoms. The van der Waals surface area contributed by atoms with E-state index in [4.69, 9.17) is 9.84 Å². The van der Waals surface area contributed by atoms with Crippen LogP contribution in [0.25, 0.3) is 0 Å². The zero-order chi connectivity index (χ0) is 14.4. The first-order valence-corrected chi connectivity index (χ1v) is 7.31. The summed E-state index contributed by atoms with van der Waals surface area (Å²) in [6, 6.07) is 7.22. The average Bonchev–Trinajstić information content (AvgIpc) is 3.24. The van der Waals surface area contributed by atoms with Crippen LogP contribution in [0.3, 0.4) is 0 Å². The van der Waals surface area contributed by atoms with E-state index in [2.05, 4.69) is 12.2 Å². The zero-order valence-corrected chi connectivity index (χ0v) is 12.0. The maximum Gasteiger partial charge on any atom is 0.251 e. The molecule has 1 saturated carbocycles. The van der Waals surface area contributed by atoms with Gasteiger partial charge in [0.25, 0.3) is 5.91 Å². The number of aliphatic hydroxyl groups excluding tert-OH is 1. The highest BCUT2D eigenvalue weighted by Gasteiger charge is 2.41. The lowest BCUT2D eigenvalue weighted by atomic mass is 10.0. The van der Waals surface area contributed by atoms with Crippen LogP contribution in [-0.2, 0) is 0 Å². The van der Waals surface area contributed by atoms with Gasteiger partial charge in [0.1, 0.15) is 5.75 Å². The van der Waals surface area contributed by atoms with Gasteiger partial charge in [-0.3, -0.25) is 4.79 Å². The highest BCUT2D eigenvalue weighted by Crippen LogP contribution is 2.47. The van der Waals surface area contributed by atoms with Crippen LogP contribution in [0.5, 0.6) is 5.75 Å². The number of aliphatic hydroxyl groups is 1. The first-order chi connectivity index (χ1) is 9.69. The van der Waals surface area contributed by atoms with E-state index in [1.54, 1.807) is 12.1 Å². The highest BCUT2D eigenvalue weighted by molar-refractivity contribution is 5.94. The number of nitrogens with one attached hydrogen (secondary N) is 1. The van der Waals surface area contributed by atoms with Gasteiger partial charge in [0.15, 0.2) is 0 Å². The van der Waals surface area contributed by atoms with E-state index in [9.17, 15) is 4.79 Å². The SMILES string of the molecule is CCCOc1ccc(C(=O)NCC2(CCO)CC2)cc1. The molecule has 20 heavy (non-hydrogen) atoms. The maximum absolute atomic E-state index is 12.0. The van der Waals surface area contributed by atoms with Gasteiger partial charge < -0.3 is 15.2 Å². The number of carbonyl (C=O) groups excluding carboxylic acids is 1. The van der Waals surface area contributed by atoms with Gasteiger partial charge in [0.2, 0.25) is 0 Å². The minimum Gasteiger partial charge on any atom is -0.494 e. The summed E-state index contributed by atoms with van der Waals surface area (Å²) >= 11 is 0. The Morgan fingerprint density at radius 2 is 2.05 bits per heavy atom. The van der Waals surface area contributed by atoms with Gasteiger partial charge in [-0.1, -0.05) is 6.92 Å². The van der Waals surface area contributed by atoms with Crippen molar-refractivity contribution in [3.8, 4) is 5.75 Å². The molecule has 0 radical (unpaired) electrons. The second kappa shape index (κ2) is 6.75. The predicted octanol–water partition coefficient (Wildman–Crippen LogP) is 2.37. The van der Waals surface area contributed by atoms with Gasteiger partial charge in [-0.2, -0.15) is 0 Å². The molecule has 0 bridgehead atoms. The normalized spacial score (nSPS) is 15.7. The predicted molar refractivity (Wildman–Crippen MR) is 77.9 cm³/mol. The molecule has 1 aliphatic rings. The monoisotopic (exact) mass is 277 g/mol. The molecule has 0 heterocycles. The van der Waals surface area contributed by atoms with E-state index in [1.165, 1.54) is 0 Å². The summed E-state index contributed by atoms with van der Waals surface area (Å²) in [6.07, 6.45) is 3.93. The van der Waals surface area contributed by atoms with Crippen LogP contribution in [-0.4, -0.2) is 30.8 Å². The number of amides is 1. The van der Waals surface area contributed by atoms with Crippen LogP contribution in [0.15, 0.2) is 24.3 Å². The van der Waals surface area contributed by atoms with Crippen molar-refractivity contribution in [2.75, 3.05) is 19.8 Å². The topological polar surface area (TPSA) is 58.6 Å². The van der Waals surface area contributed by atoms with Crippen LogP contribution >= 0.6 is 0 Å². The molecule has 1 aromatic carbocycles. The molecule has 1 aliphatic carbocycles. The summed E-state index contributed by atoms with van der Waals surface area (Å²) in [5.74, 6) is 0.735. The summed E-state index contributed by atoms with van der Waals surface area (Å²) in [7, 11) is 0. The Morgan fingerprint density at radius 3 is 2.60 bits per heavy atom. The quantitative estimate of drug-likeness (QED) is 0.767. The largest absolute Gasteiger partial charge is 0.494 e. The summed E-state index contributed by atoms with van der Waals surface area (Å²) in [6.45, 7) is 3.59. The number of rotatable bonds is 8. The first kappa shape index (κ1) is 14.9. The Morgan fingerprint density at radius 1 is 1.35 bits per heavy atom. The van der Waals surface area contributed by atoms with Crippen molar-refractivity contribution >= 4 is 5.91 Å². The fourth-order valence-electron chi connectivity index (χ4n) is 2.22. The van der Waals surface area contributed by atoms with Crippen molar-refractivity contribution < 1.29 is 14.6 Å². The summed E-state index contributed by atoms with van der Waals surface area (Å²) in [5, 5.41) is 12.0. The molecule has 2 N–H and O–H groups in total. The third kappa shape index (κ3) is 3.97. The standard InChI is InChI=1S/C16H23NO3/c1-2-11-20-14-5-3-13(4-6-14)15(19)17-12-16(7-8-16)9-10-18/h3-6,18H,2,7-12H2,1H3,(H,17,19). The molecule has 0 aliphatic heterocycles. The molecule has 4 nitrogen and oxygen atoms in total. The fraction of sp³-hybridized carbons (Fsp3) is 0.562. The number of benzene rings is 1. The van der Waals surface area contributed by atoms with Crippen LogP contribution in [0.4, 0.5) is 0 Å². The van der Waals surface area contributed by atoms with Gasteiger partial charge in [-0.05, 0) is 55.4 Å². The van der Waals surface area contributed by atoms with E-state index >= 15 is 0 Å². The Kier molecular flexibility index (Phi) is 5.01. The molecular weight excluding hydrogens is 254 g/mol. The lowest BCUT2D eigenvalue weighted by Crippen LogP contribution is -2.30. The Hall–Kier alpha value is -1.55. The van der Waals surface area contributed by atoms with E-state index in [-0.39, 0.29) is 17.9 Å². The molecule has 0 saturated heterocycles. The van der Waals surface area contributed by atoms with Crippen molar-refractivity contribution in [1.82, 2.24) is 5.32 Å². The molecule has 0 unspecified atom stereocenters. The zero-order valence-electron chi connectivity index (χ0n) is 12.0. The third-order valence-electron chi connectivity index (χ3n) is 3.81. The van der Waals surface area contributed by atoms with Crippen molar-refractivity contribution in [3.05, 3.63) is 29.8 Å². The molecule has 4 heteroatoms. The van der Waals surface area contributed by atoms with Gasteiger partial charge in [0.05, 0.1) is 6.61 Å². The van der Waals surface area contributed by atoms with Crippen molar-refractivity contribution in [2.24, 2.45) is 5.41 Å². The summed E-state index contributed by atoms with van der Waals surface area (Å²) < 4.78 is 5.49. The van der Waals surface area contributed by atoms with Gasteiger partial charge in [0, 0.05) is 18.7 Å². The molecular formula is C16H23NO3. The second-order valence-electron chi connectivity index (χ2n) is 5.53. The van der Waals surface area contributed by atoms with Crippen molar-refractivity contribution in [2.45, 2.75) is 32.6 Å². The molecule has 0 aromatic heterocycles. The molecule has 1 aromatic rings. The van der Waals surface area contributed by atoms with Crippen molar-refractivity contribution in [3.63, 3.8) is 0 Å². The van der Waals surface area contributed by atoms with Crippen LogP contribution in [0.1, 0.15) is 43.0 Å². The molecule has 0 atom stereocenters. The lowest BCUT2D eigenvalue weighted by molar-refractivity contribution is 0.0941. The van der Waals surface area contributed by atoms with E-state index in [0.29, 0.717) is 18.7 Å². The Balaban J connectivity index is 1.83. The number of carbonyl (C=O) groups is 1. The second-order valence-corrected chi connectivity index (χ2v) is 5.53. The van der Waals surface area contributed by atoms with E-state index < -0.39 is 0 Å². The van der Waals surface area contributed by atoms with E-state index in [1.807, 2.05) is 12.1 Å². The fourth-order valence-corrected chi connectivity index (χ4v) is 2.22. The average molecular weight is 277 g/mol. The van der Waals surface area contributed by atoms with Crippen LogP contribution in [0.2, 0.25) is 0 Å². The minimum atomic E-state index is -0.0590. The number of hydrogen-bond donors (Lipinski definition) is 2. The third-order valence-corrected chi connectivity index (χ3v) is 3.81. The number of ether oxygens (including phenoxy) is 1. The molecule has 2 rings (SSSR count). The summed E-state index contributed by atoms with van der Waals surface area (Å²) in [5.41, 5.74) is 0.794. The van der Waals surface area contributed by atoms with Crippen LogP contribution < -0.4 is 10.1 Å². The maximum atomic E-state index is 12.0. The summed E-state index contributed by atoms with van der Waals surface area (Å²) in [4.78, 5) is 12.0. The first-order valence-electron chi connectivity index (χ1n) is 7.31. The molecule has 1 fully saturated rings. The van der Waals surface area contributed by atoms with Gasteiger partial charge >= 0.3 is 0 Å². The van der Waals surface area contributed by atoms with Crippen LogP contribution in [0, 0.1) is 5.41 Å². The number of hydrogen-bond acceptors (Lipinski definition) is 3. The molecule has 1 amide bonds.